The van der Waals surface area contributed by atoms with Gasteiger partial charge in [0.1, 0.15) is 0 Å². The van der Waals surface area contributed by atoms with Crippen molar-refractivity contribution in [1.82, 2.24) is 4.90 Å². The Hall–Kier alpha value is -3.42. The van der Waals surface area contributed by atoms with Gasteiger partial charge in [-0.15, -0.1) is 0 Å². The number of likely N-dealkylation sites (tertiary alicyclic amines) is 1. The first-order valence-corrected chi connectivity index (χ1v) is 20.2. The minimum atomic E-state index is -2.91. The van der Waals surface area contributed by atoms with Crippen LogP contribution in [0.1, 0.15) is 77.0 Å². The van der Waals surface area contributed by atoms with Crippen LogP contribution in [0.15, 0.2) is 109 Å². The lowest BCUT2D eigenvalue weighted by Gasteiger charge is -2.50. The van der Waals surface area contributed by atoms with E-state index in [1.807, 2.05) is 61.5 Å². The molecule has 5 nitrogen and oxygen atoms in total. The predicted molar refractivity (Wildman–Crippen MR) is 207 cm³/mol. The van der Waals surface area contributed by atoms with E-state index in [0.29, 0.717) is 35.9 Å². The highest BCUT2D eigenvalue weighted by molar-refractivity contribution is 6.99. The van der Waals surface area contributed by atoms with Gasteiger partial charge in [0.15, 0.2) is 0 Å². The number of hydrogen-bond acceptors (Lipinski definition) is 4. The zero-order valence-corrected chi connectivity index (χ0v) is 32.5. The van der Waals surface area contributed by atoms with Crippen molar-refractivity contribution in [2.45, 2.75) is 76.9 Å². The lowest BCUT2D eigenvalue weighted by molar-refractivity contribution is -0.151. The Morgan fingerprint density at radius 1 is 0.860 bits per heavy atom. The highest BCUT2D eigenvalue weighted by Gasteiger charge is 2.52. The largest absolute Gasteiger partial charge is 0.469 e. The van der Waals surface area contributed by atoms with Crippen molar-refractivity contribution in [3.05, 3.63) is 130 Å². The number of benzene rings is 4. The van der Waals surface area contributed by atoms with Crippen molar-refractivity contribution in [2.75, 3.05) is 13.7 Å². The zero-order valence-electron chi connectivity index (χ0n) is 29.9. The second-order valence-corrected chi connectivity index (χ2v) is 19.7. The molecule has 0 N–H and O–H groups in total. The molecule has 1 saturated heterocycles. The van der Waals surface area contributed by atoms with Gasteiger partial charge in [-0.05, 0) is 70.1 Å². The number of nitrogens with zero attached hydrogens (tertiary/aromatic N) is 1. The molecule has 2 unspecified atom stereocenters. The van der Waals surface area contributed by atoms with Gasteiger partial charge in [0.05, 0.1) is 31.7 Å². The molecule has 4 aromatic rings. The number of rotatable bonds is 12. The molecule has 264 valence electrons. The molecule has 1 amide bonds. The van der Waals surface area contributed by atoms with Crippen molar-refractivity contribution >= 4 is 53.8 Å². The van der Waals surface area contributed by atoms with Crippen LogP contribution >= 0.6 is 23.2 Å². The Labute approximate surface area is 309 Å². The first-order valence-electron chi connectivity index (χ1n) is 17.6. The standard InChI is InChI=1S/C42H49Cl2NO4Si/c1-7-35(28-49-50(42(3,4)5,36-17-10-8-11-18-36)37-19-12-9-13-20-37)45-39(30-21-23-33(43)24-22-30)38(31-15-14-16-34(44)26-31)27-32(40(45)46)25-29(2)41(47)48-6/h8-24,26,29,32,35,38-39H,7,25,27-28H2,1-6H3/t29?,32-,35?,38-,39-/m1/s1. The topological polar surface area (TPSA) is 55.8 Å². The summed E-state index contributed by atoms with van der Waals surface area (Å²) in [7, 11) is -1.51. The molecule has 0 saturated carbocycles. The van der Waals surface area contributed by atoms with Gasteiger partial charge in [0.2, 0.25) is 5.91 Å². The van der Waals surface area contributed by atoms with E-state index in [-0.39, 0.29) is 34.9 Å². The molecular formula is C42H49Cl2NO4Si. The summed E-state index contributed by atoms with van der Waals surface area (Å²) in [4.78, 5) is 29.7. The van der Waals surface area contributed by atoms with Gasteiger partial charge in [-0.25, -0.2) is 0 Å². The van der Waals surface area contributed by atoms with E-state index < -0.39 is 20.2 Å². The maximum Gasteiger partial charge on any atom is 0.308 e. The molecule has 8 heteroatoms. The van der Waals surface area contributed by atoms with Gasteiger partial charge >= 0.3 is 5.97 Å². The summed E-state index contributed by atoms with van der Waals surface area (Å²) in [5.41, 5.74) is 2.05. The van der Waals surface area contributed by atoms with Gasteiger partial charge in [-0.1, -0.05) is 143 Å². The van der Waals surface area contributed by atoms with E-state index in [0.717, 1.165) is 11.1 Å². The van der Waals surface area contributed by atoms with E-state index in [4.69, 9.17) is 32.4 Å². The van der Waals surface area contributed by atoms with Crippen LogP contribution in [0.25, 0.3) is 0 Å². The lowest BCUT2D eigenvalue weighted by atomic mass is 9.73. The fourth-order valence-electron chi connectivity index (χ4n) is 7.89. The molecule has 0 spiro atoms. The molecule has 1 aliphatic rings. The zero-order chi connectivity index (χ0) is 36.1. The summed E-state index contributed by atoms with van der Waals surface area (Å²) in [5.74, 6) is -1.22. The number of methoxy groups -OCH3 is 1. The number of esters is 1. The Kier molecular flexibility index (Phi) is 12.3. The second-order valence-electron chi connectivity index (χ2n) is 14.5. The summed E-state index contributed by atoms with van der Waals surface area (Å²) in [6.07, 6.45) is 1.63. The molecule has 5 atom stereocenters. The van der Waals surface area contributed by atoms with E-state index >= 15 is 4.79 Å². The van der Waals surface area contributed by atoms with Crippen LogP contribution < -0.4 is 10.4 Å². The van der Waals surface area contributed by atoms with Crippen LogP contribution in [-0.2, 0) is 18.8 Å². The summed E-state index contributed by atoms with van der Waals surface area (Å²) in [6, 6.07) is 36.4. The van der Waals surface area contributed by atoms with E-state index in [2.05, 4.69) is 87.2 Å². The minimum Gasteiger partial charge on any atom is -0.469 e. The number of ether oxygens (including phenoxy) is 1. The van der Waals surface area contributed by atoms with Crippen LogP contribution in [-0.4, -0.2) is 44.9 Å². The number of carbonyl (C=O) groups is 2. The quantitative estimate of drug-likeness (QED) is 0.108. The van der Waals surface area contributed by atoms with Crippen LogP contribution in [0.5, 0.6) is 0 Å². The average molecular weight is 731 g/mol. The highest BCUT2D eigenvalue weighted by Crippen LogP contribution is 2.48. The van der Waals surface area contributed by atoms with Crippen LogP contribution in [0, 0.1) is 11.8 Å². The molecule has 0 aromatic heterocycles. The Balaban J connectivity index is 1.65. The summed E-state index contributed by atoms with van der Waals surface area (Å²) >= 11 is 13.0. The maximum atomic E-state index is 15.0. The Morgan fingerprint density at radius 3 is 1.98 bits per heavy atom. The summed E-state index contributed by atoms with van der Waals surface area (Å²) < 4.78 is 12.6. The fraction of sp³-hybridized carbons (Fsp3) is 0.381. The Bertz CT molecular complexity index is 1690. The second kappa shape index (κ2) is 16.3. The number of piperidine rings is 1. The number of hydrogen-bond donors (Lipinski definition) is 0. The average Bonchev–Trinajstić information content (AvgIpc) is 3.11. The fourth-order valence-corrected chi connectivity index (χ4v) is 12.8. The van der Waals surface area contributed by atoms with Crippen LogP contribution in [0.3, 0.4) is 0 Å². The molecule has 0 aliphatic carbocycles. The van der Waals surface area contributed by atoms with E-state index in [1.54, 1.807) is 0 Å². The van der Waals surface area contributed by atoms with Crippen molar-refractivity contribution in [3.8, 4) is 0 Å². The molecular weight excluding hydrogens is 681 g/mol. The molecule has 1 fully saturated rings. The predicted octanol–water partition coefficient (Wildman–Crippen LogP) is 9.22. The van der Waals surface area contributed by atoms with Crippen LogP contribution in [0.2, 0.25) is 15.1 Å². The van der Waals surface area contributed by atoms with Crippen molar-refractivity contribution < 1.29 is 18.8 Å². The van der Waals surface area contributed by atoms with Crippen LogP contribution in [0.4, 0.5) is 0 Å². The molecule has 50 heavy (non-hydrogen) atoms. The number of amides is 1. The number of carbonyl (C=O) groups excluding carboxylic acids is 2. The van der Waals surface area contributed by atoms with Gasteiger partial charge in [0.25, 0.3) is 8.32 Å². The van der Waals surface area contributed by atoms with Gasteiger partial charge in [0, 0.05) is 21.9 Å². The van der Waals surface area contributed by atoms with Gasteiger partial charge in [-0.2, -0.15) is 0 Å². The minimum absolute atomic E-state index is 0.0249. The summed E-state index contributed by atoms with van der Waals surface area (Å²) in [6.45, 7) is 11.1. The third-order valence-corrected chi connectivity index (χ3v) is 15.8. The molecule has 4 aromatic carbocycles. The van der Waals surface area contributed by atoms with E-state index in [9.17, 15) is 4.79 Å². The lowest BCUT2D eigenvalue weighted by Crippen LogP contribution is -2.67. The Morgan fingerprint density at radius 2 is 1.46 bits per heavy atom. The highest BCUT2D eigenvalue weighted by atomic mass is 35.5. The molecule has 1 heterocycles. The van der Waals surface area contributed by atoms with Crippen molar-refractivity contribution in [1.29, 1.82) is 0 Å². The SMILES string of the molecule is CCC(CO[Si](c1ccccc1)(c1ccccc1)C(C)(C)C)N1C(=O)[C@H](CC(C)C(=O)OC)C[C@H](c2cccc(Cl)c2)[C@H]1c1ccc(Cl)cc1. The third kappa shape index (κ3) is 7.89. The van der Waals surface area contributed by atoms with Gasteiger partial charge < -0.3 is 14.1 Å². The summed E-state index contributed by atoms with van der Waals surface area (Å²) in [5, 5.41) is 3.43. The molecule has 0 bridgehead atoms. The van der Waals surface area contributed by atoms with Crippen molar-refractivity contribution in [2.24, 2.45) is 11.8 Å². The smallest absolute Gasteiger partial charge is 0.308 e. The normalized spacial score (nSPS) is 19.6. The molecule has 0 radical (unpaired) electrons. The molecule has 1 aliphatic heterocycles. The molecule has 5 rings (SSSR count). The monoisotopic (exact) mass is 729 g/mol. The first kappa shape index (κ1) is 37.8. The van der Waals surface area contributed by atoms with E-state index in [1.165, 1.54) is 17.5 Å². The third-order valence-electron chi connectivity index (χ3n) is 10.3. The van der Waals surface area contributed by atoms with Crippen molar-refractivity contribution in [3.63, 3.8) is 0 Å². The first-order chi connectivity index (χ1) is 23.9. The maximum absolute atomic E-state index is 15.0. The van der Waals surface area contributed by atoms with Gasteiger partial charge in [-0.3, -0.25) is 9.59 Å². The number of halogens is 2.